The number of pyridine rings is 1. The molecule has 0 spiro atoms. The molecule has 35 heavy (non-hydrogen) atoms. The van der Waals surface area contributed by atoms with Crippen LogP contribution < -0.4 is 5.32 Å². The highest BCUT2D eigenvalue weighted by atomic mass is 35.5. The summed E-state index contributed by atoms with van der Waals surface area (Å²) < 4.78 is 0. The molecule has 1 N–H and O–H groups in total. The van der Waals surface area contributed by atoms with Gasteiger partial charge in [0.1, 0.15) is 0 Å². The predicted molar refractivity (Wildman–Crippen MR) is 146 cm³/mol. The standard InChI is InChI=1S/C29H24ClN3OS/c1-29(2,3)20-12-8-19(9-13-20)26-17-35-28(32-26)33-27(34)23-16-25(18-10-14-21(30)15-11-18)31-24-7-5-4-6-22(23)24/h4-17H,1-3H3,(H,32,33,34). The first-order chi connectivity index (χ1) is 16.8. The number of rotatable bonds is 4. The van der Waals surface area contributed by atoms with Gasteiger partial charge in [0.15, 0.2) is 5.13 Å². The molecule has 174 valence electrons. The highest BCUT2D eigenvalue weighted by Gasteiger charge is 2.17. The number of nitrogens with zero attached hydrogens (tertiary/aromatic N) is 2. The van der Waals surface area contributed by atoms with Gasteiger partial charge in [0.25, 0.3) is 5.91 Å². The van der Waals surface area contributed by atoms with Crippen molar-refractivity contribution in [3.05, 3.63) is 100 Å². The van der Waals surface area contributed by atoms with Crippen molar-refractivity contribution in [2.24, 2.45) is 0 Å². The largest absolute Gasteiger partial charge is 0.298 e. The van der Waals surface area contributed by atoms with Gasteiger partial charge < -0.3 is 0 Å². The summed E-state index contributed by atoms with van der Waals surface area (Å²) in [5, 5.41) is 6.94. The maximum absolute atomic E-state index is 13.4. The monoisotopic (exact) mass is 497 g/mol. The Bertz CT molecular complexity index is 1520. The van der Waals surface area contributed by atoms with E-state index >= 15 is 0 Å². The first kappa shape index (κ1) is 23.2. The molecule has 0 aliphatic rings. The number of carbonyl (C=O) groups is 1. The van der Waals surface area contributed by atoms with Gasteiger partial charge in [0.05, 0.1) is 22.5 Å². The lowest BCUT2D eigenvalue weighted by molar-refractivity contribution is 0.102. The molecule has 5 aromatic rings. The zero-order chi connectivity index (χ0) is 24.6. The van der Waals surface area contributed by atoms with Crippen LogP contribution in [0.4, 0.5) is 5.13 Å². The number of anilines is 1. The van der Waals surface area contributed by atoms with Gasteiger partial charge >= 0.3 is 0 Å². The van der Waals surface area contributed by atoms with Crippen molar-refractivity contribution < 1.29 is 4.79 Å². The molecule has 0 aliphatic heterocycles. The summed E-state index contributed by atoms with van der Waals surface area (Å²) in [7, 11) is 0. The second-order valence-corrected chi connectivity index (χ2v) is 10.7. The Kier molecular flexibility index (Phi) is 6.13. The minimum Gasteiger partial charge on any atom is -0.298 e. The summed E-state index contributed by atoms with van der Waals surface area (Å²) >= 11 is 7.46. The molecule has 0 saturated carbocycles. The topological polar surface area (TPSA) is 54.9 Å². The van der Waals surface area contributed by atoms with E-state index < -0.39 is 0 Å². The van der Waals surface area contributed by atoms with Crippen LogP contribution in [0.3, 0.4) is 0 Å². The molecule has 0 radical (unpaired) electrons. The number of hydrogen-bond acceptors (Lipinski definition) is 4. The van der Waals surface area contributed by atoms with E-state index in [1.54, 1.807) is 0 Å². The lowest BCUT2D eigenvalue weighted by Gasteiger charge is -2.18. The number of halogens is 1. The molecular formula is C29H24ClN3OS. The zero-order valence-corrected chi connectivity index (χ0v) is 21.2. The molecule has 2 aromatic heterocycles. The Morgan fingerprint density at radius 2 is 1.51 bits per heavy atom. The maximum Gasteiger partial charge on any atom is 0.258 e. The number of aromatic nitrogens is 2. The van der Waals surface area contributed by atoms with E-state index in [4.69, 9.17) is 16.6 Å². The number of carbonyl (C=O) groups excluding carboxylic acids is 1. The third-order valence-corrected chi connectivity index (χ3v) is 6.88. The van der Waals surface area contributed by atoms with E-state index in [2.05, 4.69) is 55.3 Å². The number of thiazole rings is 1. The van der Waals surface area contributed by atoms with Crippen molar-refractivity contribution in [1.82, 2.24) is 9.97 Å². The summed E-state index contributed by atoms with van der Waals surface area (Å²) in [6.07, 6.45) is 0. The Hall–Kier alpha value is -3.54. The second-order valence-electron chi connectivity index (χ2n) is 9.40. The third kappa shape index (κ3) is 4.97. The van der Waals surface area contributed by atoms with Crippen LogP contribution in [0.25, 0.3) is 33.4 Å². The predicted octanol–water partition coefficient (Wildman–Crippen LogP) is 8.23. The maximum atomic E-state index is 13.4. The number of para-hydroxylation sites is 1. The Balaban J connectivity index is 1.44. The molecule has 0 bridgehead atoms. The number of fused-ring (bicyclic) bond motifs is 1. The van der Waals surface area contributed by atoms with Crippen LogP contribution in [-0.2, 0) is 5.41 Å². The highest BCUT2D eigenvalue weighted by molar-refractivity contribution is 7.14. The van der Waals surface area contributed by atoms with Crippen molar-refractivity contribution in [2.45, 2.75) is 26.2 Å². The fraction of sp³-hybridized carbons (Fsp3) is 0.138. The van der Waals surface area contributed by atoms with Gasteiger partial charge in [0.2, 0.25) is 0 Å². The number of hydrogen-bond donors (Lipinski definition) is 1. The molecule has 0 unspecified atom stereocenters. The number of amides is 1. The lowest BCUT2D eigenvalue weighted by Crippen LogP contribution is -2.13. The summed E-state index contributed by atoms with van der Waals surface area (Å²) in [5.74, 6) is -0.220. The van der Waals surface area contributed by atoms with Gasteiger partial charge in [-0.1, -0.05) is 87.0 Å². The van der Waals surface area contributed by atoms with Crippen LogP contribution in [0.5, 0.6) is 0 Å². The fourth-order valence-corrected chi connectivity index (χ4v) is 4.74. The molecule has 0 atom stereocenters. The Morgan fingerprint density at radius 1 is 0.857 bits per heavy atom. The Labute approximate surface area is 213 Å². The SMILES string of the molecule is CC(C)(C)c1ccc(-c2csc(NC(=O)c3cc(-c4ccc(Cl)cc4)nc4ccccc34)n2)cc1. The Morgan fingerprint density at radius 3 is 2.23 bits per heavy atom. The second kappa shape index (κ2) is 9.25. The zero-order valence-electron chi connectivity index (χ0n) is 19.7. The van der Waals surface area contributed by atoms with Gasteiger partial charge in [-0.3, -0.25) is 10.1 Å². The minimum absolute atomic E-state index is 0.0952. The van der Waals surface area contributed by atoms with Gasteiger partial charge in [-0.05, 0) is 35.2 Å². The van der Waals surface area contributed by atoms with Gasteiger partial charge in [-0.25, -0.2) is 9.97 Å². The summed E-state index contributed by atoms with van der Waals surface area (Å²) in [6.45, 7) is 6.58. The van der Waals surface area contributed by atoms with Crippen LogP contribution >= 0.6 is 22.9 Å². The normalized spacial score (nSPS) is 11.5. The van der Waals surface area contributed by atoms with E-state index in [-0.39, 0.29) is 11.3 Å². The molecule has 5 rings (SSSR count). The van der Waals surface area contributed by atoms with Crippen LogP contribution in [-0.4, -0.2) is 15.9 Å². The molecule has 1 amide bonds. The molecule has 3 aromatic carbocycles. The molecule has 2 heterocycles. The third-order valence-electron chi connectivity index (χ3n) is 5.87. The van der Waals surface area contributed by atoms with E-state index in [1.165, 1.54) is 16.9 Å². The van der Waals surface area contributed by atoms with Crippen molar-refractivity contribution in [3.63, 3.8) is 0 Å². The van der Waals surface area contributed by atoms with Crippen molar-refractivity contribution in [2.75, 3.05) is 5.32 Å². The van der Waals surface area contributed by atoms with Crippen molar-refractivity contribution in [3.8, 4) is 22.5 Å². The van der Waals surface area contributed by atoms with Crippen molar-refractivity contribution in [1.29, 1.82) is 0 Å². The van der Waals surface area contributed by atoms with Crippen LogP contribution in [0.1, 0.15) is 36.7 Å². The molecule has 0 aliphatic carbocycles. The van der Waals surface area contributed by atoms with Crippen LogP contribution in [0.2, 0.25) is 5.02 Å². The average Bonchev–Trinajstić information content (AvgIpc) is 3.32. The van der Waals surface area contributed by atoms with E-state index in [9.17, 15) is 4.79 Å². The van der Waals surface area contributed by atoms with E-state index in [0.717, 1.165) is 27.7 Å². The molecule has 4 nitrogen and oxygen atoms in total. The van der Waals surface area contributed by atoms with Crippen LogP contribution in [0, 0.1) is 0 Å². The van der Waals surface area contributed by atoms with Crippen molar-refractivity contribution >= 4 is 44.9 Å². The highest BCUT2D eigenvalue weighted by Crippen LogP contribution is 2.30. The van der Waals surface area contributed by atoms with Crippen LogP contribution in [0.15, 0.2) is 84.2 Å². The minimum atomic E-state index is -0.220. The first-order valence-corrected chi connectivity index (χ1v) is 12.6. The van der Waals surface area contributed by atoms with Gasteiger partial charge in [-0.15, -0.1) is 11.3 Å². The first-order valence-electron chi connectivity index (χ1n) is 11.3. The smallest absolute Gasteiger partial charge is 0.258 e. The van der Waals surface area contributed by atoms with E-state index in [0.29, 0.717) is 21.4 Å². The number of nitrogens with one attached hydrogen (secondary N) is 1. The summed E-state index contributed by atoms with van der Waals surface area (Å²) in [6, 6.07) is 25.3. The molecule has 6 heteroatoms. The lowest BCUT2D eigenvalue weighted by atomic mass is 9.86. The fourth-order valence-electron chi connectivity index (χ4n) is 3.90. The molecule has 0 fully saturated rings. The van der Waals surface area contributed by atoms with E-state index in [1.807, 2.05) is 60.0 Å². The average molecular weight is 498 g/mol. The number of benzene rings is 3. The molecular weight excluding hydrogens is 474 g/mol. The van der Waals surface area contributed by atoms with Gasteiger partial charge in [0, 0.05) is 26.9 Å². The summed E-state index contributed by atoms with van der Waals surface area (Å²) in [4.78, 5) is 22.8. The summed E-state index contributed by atoms with van der Waals surface area (Å²) in [5.41, 5.74) is 6.13. The van der Waals surface area contributed by atoms with Gasteiger partial charge in [-0.2, -0.15) is 0 Å². The quantitative estimate of drug-likeness (QED) is 0.272. The molecule has 0 saturated heterocycles.